The Morgan fingerprint density at radius 2 is 1.67 bits per heavy atom. The number of fused-ring (bicyclic) bond motifs is 3. The first-order chi connectivity index (χ1) is 18.0. The number of esters is 1. The smallest absolute Gasteiger partial charge is 0.312 e. The lowest BCUT2D eigenvalue weighted by atomic mass is 9.34. The molecule has 5 nitrogen and oxygen atoms in total. The third-order valence-corrected chi connectivity index (χ3v) is 13.8. The molecule has 4 aliphatic carbocycles. The number of carbonyl (C=O) groups excluding carboxylic acids is 2. The molecule has 0 radical (unpaired) electrons. The van der Waals surface area contributed by atoms with Gasteiger partial charge in [-0.1, -0.05) is 60.5 Å². The van der Waals surface area contributed by atoms with Crippen LogP contribution in [0.5, 0.6) is 0 Å². The van der Waals surface area contributed by atoms with E-state index < -0.39 is 0 Å². The zero-order valence-electron chi connectivity index (χ0n) is 26.3. The molecule has 3 saturated carbocycles. The van der Waals surface area contributed by atoms with Crippen LogP contribution < -0.4 is 0 Å². The van der Waals surface area contributed by atoms with Crippen molar-refractivity contribution < 1.29 is 18.8 Å². The van der Waals surface area contributed by atoms with Crippen molar-refractivity contribution in [3.63, 3.8) is 0 Å². The molecular formula is C34H53NO4. The Morgan fingerprint density at radius 1 is 1.00 bits per heavy atom. The van der Waals surface area contributed by atoms with Crippen LogP contribution in [-0.2, 0) is 26.2 Å². The van der Waals surface area contributed by atoms with Crippen molar-refractivity contribution in [2.45, 2.75) is 126 Å². The summed E-state index contributed by atoms with van der Waals surface area (Å²) < 4.78 is 11.4. The van der Waals surface area contributed by atoms with Gasteiger partial charge in [0.05, 0.1) is 18.7 Å². The maximum atomic E-state index is 13.5. The molecule has 4 aliphatic rings. The van der Waals surface area contributed by atoms with Crippen LogP contribution in [0, 0.1) is 50.7 Å². The number of ketones is 1. The summed E-state index contributed by atoms with van der Waals surface area (Å²) in [5.74, 6) is 2.66. The van der Waals surface area contributed by atoms with E-state index in [1.54, 1.807) is 14.0 Å². The quantitative estimate of drug-likeness (QED) is 0.363. The molecule has 0 bridgehead atoms. The molecule has 0 spiro atoms. The van der Waals surface area contributed by atoms with Gasteiger partial charge in [-0.15, -0.1) is 0 Å². The van der Waals surface area contributed by atoms with Crippen molar-refractivity contribution in [3.8, 4) is 0 Å². The summed E-state index contributed by atoms with van der Waals surface area (Å²) in [5.41, 5.74) is 0.885. The van der Waals surface area contributed by atoms with Crippen molar-refractivity contribution >= 4 is 11.8 Å². The molecule has 3 fully saturated rings. The lowest BCUT2D eigenvalue weighted by Gasteiger charge is -2.69. The van der Waals surface area contributed by atoms with Gasteiger partial charge in [0.15, 0.2) is 0 Å². The fraction of sp³-hybridized carbons (Fsp3) is 0.853. The molecule has 1 aromatic rings. The summed E-state index contributed by atoms with van der Waals surface area (Å²) in [5, 5.41) is 4.23. The average Bonchev–Trinajstić information content (AvgIpc) is 3.32. The van der Waals surface area contributed by atoms with Gasteiger partial charge in [0.25, 0.3) is 0 Å². The summed E-state index contributed by atoms with van der Waals surface area (Å²) in [4.78, 5) is 26.5. The van der Waals surface area contributed by atoms with E-state index >= 15 is 0 Å². The predicted octanol–water partition coefficient (Wildman–Crippen LogP) is 7.95. The van der Waals surface area contributed by atoms with E-state index in [9.17, 15) is 9.59 Å². The number of nitrogens with zero attached hydrogens (tertiary/aromatic N) is 1. The minimum atomic E-state index is -0.374. The molecule has 0 amide bonds. The van der Waals surface area contributed by atoms with Gasteiger partial charge in [0.2, 0.25) is 0 Å². The van der Waals surface area contributed by atoms with Crippen molar-refractivity contribution in [2.24, 2.45) is 50.7 Å². The Balaban J connectivity index is 1.61. The van der Waals surface area contributed by atoms with E-state index in [2.05, 4.69) is 60.5 Å². The molecule has 1 unspecified atom stereocenters. The first-order valence-corrected chi connectivity index (χ1v) is 15.5. The van der Waals surface area contributed by atoms with Crippen LogP contribution in [0.3, 0.4) is 0 Å². The van der Waals surface area contributed by atoms with Crippen molar-refractivity contribution in [3.05, 3.63) is 17.5 Å². The highest BCUT2D eigenvalue weighted by Crippen LogP contribution is 2.73. The zero-order valence-corrected chi connectivity index (χ0v) is 26.3. The normalized spacial score (nSPS) is 44.5. The Kier molecular flexibility index (Phi) is 6.60. The molecule has 5 rings (SSSR count). The molecule has 1 aromatic heterocycles. The summed E-state index contributed by atoms with van der Waals surface area (Å²) in [6.07, 6.45) is 10.6. The fourth-order valence-electron chi connectivity index (χ4n) is 11.4. The molecule has 8 atom stereocenters. The van der Waals surface area contributed by atoms with Crippen LogP contribution in [0.15, 0.2) is 10.7 Å². The average molecular weight is 540 g/mol. The maximum absolute atomic E-state index is 13.5. The minimum Gasteiger partial charge on any atom is -0.469 e. The highest BCUT2D eigenvalue weighted by atomic mass is 16.5. The number of methoxy groups -OCH3 is 1. The number of carbonyl (C=O) groups is 2. The van der Waals surface area contributed by atoms with E-state index in [0.29, 0.717) is 24.2 Å². The Labute approximate surface area is 236 Å². The van der Waals surface area contributed by atoms with Gasteiger partial charge >= 0.3 is 5.97 Å². The third-order valence-electron chi connectivity index (χ3n) is 13.8. The molecular weight excluding hydrogens is 486 g/mol. The molecule has 5 heteroatoms. The molecule has 0 aromatic carbocycles. The minimum absolute atomic E-state index is 0.00651. The van der Waals surface area contributed by atoms with Crippen molar-refractivity contribution in [1.82, 2.24) is 5.16 Å². The lowest BCUT2D eigenvalue weighted by molar-refractivity contribution is -0.213. The van der Waals surface area contributed by atoms with E-state index in [1.165, 1.54) is 5.56 Å². The van der Waals surface area contributed by atoms with E-state index in [1.807, 2.05) is 6.20 Å². The number of rotatable bonds is 4. The predicted molar refractivity (Wildman–Crippen MR) is 153 cm³/mol. The SMILES string of the molecule is COC(=O)C12CCC(C)(C)C[C@H]1[C@@H](C)[C@](C)([C@]1(C)CC[C@H]3C(C)(C)c4oncc4C[C@]3(C)[C@H]1CC(C)=O)CC2. The lowest BCUT2D eigenvalue weighted by Crippen LogP contribution is -2.65. The fourth-order valence-corrected chi connectivity index (χ4v) is 11.4. The van der Waals surface area contributed by atoms with Crippen molar-refractivity contribution in [2.75, 3.05) is 7.11 Å². The van der Waals surface area contributed by atoms with Gasteiger partial charge in [0, 0.05) is 17.4 Å². The number of Topliss-reactive ketones (excluding diaryl/α,β-unsaturated/α-hetero) is 1. The number of hydrogen-bond acceptors (Lipinski definition) is 5. The number of hydrogen-bond donors (Lipinski definition) is 0. The van der Waals surface area contributed by atoms with Gasteiger partial charge in [-0.3, -0.25) is 4.79 Å². The van der Waals surface area contributed by atoms with Gasteiger partial charge in [-0.2, -0.15) is 0 Å². The van der Waals surface area contributed by atoms with Gasteiger partial charge in [-0.25, -0.2) is 0 Å². The molecule has 1 heterocycles. The zero-order chi connectivity index (χ0) is 28.8. The van der Waals surface area contributed by atoms with Crippen LogP contribution in [0.4, 0.5) is 0 Å². The van der Waals surface area contributed by atoms with Crippen LogP contribution in [-0.4, -0.2) is 24.0 Å². The highest BCUT2D eigenvalue weighted by Gasteiger charge is 2.69. The number of aromatic nitrogens is 1. The van der Waals surface area contributed by atoms with E-state index in [-0.39, 0.29) is 50.2 Å². The summed E-state index contributed by atoms with van der Waals surface area (Å²) in [7, 11) is 1.57. The summed E-state index contributed by atoms with van der Waals surface area (Å²) >= 11 is 0. The van der Waals surface area contributed by atoms with Gasteiger partial charge in [0.1, 0.15) is 11.5 Å². The molecule has 0 saturated heterocycles. The van der Waals surface area contributed by atoms with Crippen molar-refractivity contribution in [1.29, 1.82) is 0 Å². The first-order valence-electron chi connectivity index (χ1n) is 15.5. The van der Waals surface area contributed by atoms with E-state index in [4.69, 9.17) is 9.26 Å². The maximum Gasteiger partial charge on any atom is 0.312 e. The Hall–Kier alpha value is -1.65. The number of ether oxygens (including phenoxy) is 1. The second-order valence-electron chi connectivity index (χ2n) is 16.4. The largest absolute Gasteiger partial charge is 0.469 e. The summed E-state index contributed by atoms with van der Waals surface area (Å²) in [6, 6.07) is 0. The second-order valence-corrected chi connectivity index (χ2v) is 16.4. The van der Waals surface area contributed by atoms with Crippen LogP contribution in [0.1, 0.15) is 125 Å². The summed E-state index contributed by atoms with van der Waals surface area (Å²) in [6.45, 7) is 21.1. The Morgan fingerprint density at radius 3 is 2.31 bits per heavy atom. The molecule has 218 valence electrons. The van der Waals surface area contributed by atoms with E-state index in [0.717, 1.165) is 57.1 Å². The van der Waals surface area contributed by atoms with Crippen LogP contribution in [0.2, 0.25) is 0 Å². The standard InChI is InChI=1S/C34H53NO4/c1-21(36)17-26-31(7)18-23-20-35-39-27(23)30(5,6)25(31)11-12-33(26,9)32(8)14-16-34(28(37)38-10)15-13-29(3,4)19-24(34)22(32)2/h20,22,24-26H,11-19H2,1-10H3/t22-,24+,25+,26-,31+,32-,33-,34?/m1/s1. The Bertz CT molecular complexity index is 1150. The highest BCUT2D eigenvalue weighted by molar-refractivity contribution is 5.78. The van der Waals surface area contributed by atoms with Gasteiger partial charge < -0.3 is 14.1 Å². The monoisotopic (exact) mass is 539 g/mol. The van der Waals surface area contributed by atoms with Crippen LogP contribution in [0.25, 0.3) is 0 Å². The molecule has 0 N–H and O–H groups in total. The van der Waals surface area contributed by atoms with Crippen LogP contribution >= 0.6 is 0 Å². The molecule has 0 aliphatic heterocycles. The topological polar surface area (TPSA) is 69.4 Å². The second kappa shape index (κ2) is 8.92. The molecule has 39 heavy (non-hydrogen) atoms. The third kappa shape index (κ3) is 3.86. The first kappa shape index (κ1) is 28.9. The van der Waals surface area contributed by atoms with Gasteiger partial charge in [-0.05, 0) is 104 Å².